The van der Waals surface area contributed by atoms with Crippen LogP contribution in [0.25, 0.3) is 0 Å². The molecule has 5 heteroatoms. The van der Waals surface area contributed by atoms with Crippen molar-refractivity contribution in [3.05, 3.63) is 59.7 Å². The summed E-state index contributed by atoms with van der Waals surface area (Å²) in [6, 6.07) is 13.5. The minimum Gasteiger partial charge on any atom is -0.496 e. The van der Waals surface area contributed by atoms with Crippen LogP contribution in [0, 0.1) is 0 Å². The van der Waals surface area contributed by atoms with Gasteiger partial charge in [-0.2, -0.15) is 0 Å². The summed E-state index contributed by atoms with van der Waals surface area (Å²) < 4.78 is 17.5. The van der Waals surface area contributed by atoms with Gasteiger partial charge in [0.25, 0.3) is 0 Å². The summed E-state index contributed by atoms with van der Waals surface area (Å²) in [4.78, 5) is 11.4. The van der Waals surface area contributed by atoms with Crippen LogP contribution in [0.15, 0.2) is 53.4 Å². The molecule has 0 aliphatic carbocycles. The number of methoxy groups -OCH3 is 1. The highest BCUT2D eigenvalue weighted by atomic mass is 32.2. The number of ether oxygens (including phenoxy) is 1. The van der Waals surface area contributed by atoms with Gasteiger partial charge in [-0.05, 0) is 24.3 Å². The van der Waals surface area contributed by atoms with Crippen molar-refractivity contribution >= 4 is 16.8 Å². The number of hydrogen-bond acceptors (Lipinski definition) is 3. The molecule has 20 heavy (non-hydrogen) atoms. The van der Waals surface area contributed by atoms with Gasteiger partial charge in [0.15, 0.2) is 0 Å². The van der Waals surface area contributed by atoms with E-state index in [1.54, 1.807) is 25.3 Å². The van der Waals surface area contributed by atoms with E-state index in [1.165, 1.54) is 12.1 Å². The van der Waals surface area contributed by atoms with Gasteiger partial charge in [-0.25, -0.2) is 4.79 Å². The fourth-order valence-corrected chi connectivity index (χ4v) is 2.99. The third kappa shape index (κ3) is 3.24. The standard InChI is InChI=1S/C15H14O4S/c1-19-14-8-3-2-5-12(14)10-20(18)13-7-4-6-11(9-13)15(16)17/h2-9H,10H2,1H3,(H,16,17). The summed E-state index contributed by atoms with van der Waals surface area (Å²) in [5.74, 6) is -0.0658. The van der Waals surface area contributed by atoms with E-state index >= 15 is 0 Å². The molecule has 104 valence electrons. The number of carboxylic acid groups (broad SMARTS) is 1. The van der Waals surface area contributed by atoms with Crippen molar-refractivity contribution in [1.82, 2.24) is 0 Å². The Morgan fingerprint density at radius 3 is 2.65 bits per heavy atom. The number of aromatic carboxylic acids is 1. The van der Waals surface area contributed by atoms with E-state index in [0.717, 1.165) is 5.56 Å². The Hall–Kier alpha value is -2.14. The van der Waals surface area contributed by atoms with Crippen LogP contribution in [-0.4, -0.2) is 22.4 Å². The lowest BCUT2D eigenvalue weighted by Gasteiger charge is -2.08. The molecule has 2 aromatic carbocycles. The summed E-state index contributed by atoms with van der Waals surface area (Å²) in [7, 11) is 0.246. The van der Waals surface area contributed by atoms with E-state index in [0.29, 0.717) is 10.6 Å². The fourth-order valence-electron chi connectivity index (χ4n) is 1.82. The molecule has 0 fully saturated rings. The molecule has 4 nitrogen and oxygen atoms in total. The topological polar surface area (TPSA) is 63.6 Å². The summed E-state index contributed by atoms with van der Waals surface area (Å²) >= 11 is 0. The SMILES string of the molecule is COc1ccccc1CS(=O)c1cccc(C(=O)O)c1. The second kappa shape index (κ2) is 6.34. The average Bonchev–Trinajstić information content (AvgIpc) is 2.48. The lowest BCUT2D eigenvalue weighted by Crippen LogP contribution is -2.02. The van der Waals surface area contributed by atoms with E-state index in [1.807, 2.05) is 18.2 Å². The first-order chi connectivity index (χ1) is 9.61. The molecule has 0 amide bonds. The van der Waals surface area contributed by atoms with E-state index in [2.05, 4.69) is 0 Å². The van der Waals surface area contributed by atoms with Gasteiger partial charge in [-0.3, -0.25) is 4.21 Å². The minimum atomic E-state index is -1.32. The Bertz CT molecular complexity index is 652. The van der Waals surface area contributed by atoms with E-state index in [9.17, 15) is 9.00 Å². The second-order valence-electron chi connectivity index (χ2n) is 4.13. The maximum atomic E-state index is 12.3. The highest BCUT2D eigenvalue weighted by molar-refractivity contribution is 7.84. The highest BCUT2D eigenvalue weighted by Crippen LogP contribution is 2.21. The third-order valence-electron chi connectivity index (χ3n) is 2.82. The first kappa shape index (κ1) is 14.3. The number of carboxylic acids is 1. The second-order valence-corrected chi connectivity index (χ2v) is 5.59. The summed E-state index contributed by atoms with van der Waals surface area (Å²) in [6.45, 7) is 0. The Morgan fingerprint density at radius 2 is 1.95 bits per heavy atom. The molecule has 0 radical (unpaired) electrons. The van der Waals surface area contributed by atoms with Crippen molar-refractivity contribution in [1.29, 1.82) is 0 Å². The molecule has 1 atom stereocenters. The zero-order chi connectivity index (χ0) is 14.5. The van der Waals surface area contributed by atoms with Crippen molar-refractivity contribution in [2.24, 2.45) is 0 Å². The Balaban J connectivity index is 2.24. The third-order valence-corrected chi connectivity index (χ3v) is 4.18. The highest BCUT2D eigenvalue weighted by Gasteiger charge is 2.11. The molecule has 0 aliphatic rings. The first-order valence-electron chi connectivity index (χ1n) is 5.95. The minimum absolute atomic E-state index is 0.135. The number of hydrogen-bond donors (Lipinski definition) is 1. The maximum absolute atomic E-state index is 12.3. The molecule has 2 aromatic rings. The van der Waals surface area contributed by atoms with Gasteiger partial charge in [-0.15, -0.1) is 0 Å². The van der Waals surface area contributed by atoms with Crippen LogP contribution < -0.4 is 4.74 Å². The number of para-hydroxylation sites is 1. The average molecular weight is 290 g/mol. The molecule has 0 aromatic heterocycles. The van der Waals surface area contributed by atoms with Gasteiger partial charge in [0.05, 0.1) is 29.2 Å². The quantitative estimate of drug-likeness (QED) is 0.919. The number of benzene rings is 2. The Kier molecular flexibility index (Phi) is 4.53. The van der Waals surface area contributed by atoms with Gasteiger partial charge in [0.2, 0.25) is 0 Å². The van der Waals surface area contributed by atoms with Gasteiger partial charge >= 0.3 is 5.97 Å². The molecule has 0 saturated heterocycles. The monoisotopic (exact) mass is 290 g/mol. The van der Waals surface area contributed by atoms with Gasteiger partial charge in [0, 0.05) is 10.5 Å². The number of rotatable bonds is 5. The molecule has 0 aliphatic heterocycles. The van der Waals surface area contributed by atoms with E-state index in [-0.39, 0.29) is 11.3 Å². The predicted molar refractivity (Wildman–Crippen MR) is 76.5 cm³/mol. The van der Waals surface area contributed by atoms with Crippen molar-refractivity contribution in [3.63, 3.8) is 0 Å². The molecule has 1 N–H and O–H groups in total. The predicted octanol–water partition coefficient (Wildman–Crippen LogP) is 2.70. The van der Waals surface area contributed by atoms with Crippen LogP contribution in [0.5, 0.6) is 5.75 Å². The molecule has 2 rings (SSSR count). The largest absolute Gasteiger partial charge is 0.496 e. The van der Waals surface area contributed by atoms with Gasteiger partial charge in [-0.1, -0.05) is 24.3 Å². The number of carbonyl (C=O) groups is 1. The van der Waals surface area contributed by atoms with Crippen LogP contribution >= 0.6 is 0 Å². The van der Waals surface area contributed by atoms with Crippen molar-refractivity contribution in [3.8, 4) is 5.75 Å². The van der Waals surface area contributed by atoms with Crippen molar-refractivity contribution in [2.45, 2.75) is 10.6 Å². The lowest BCUT2D eigenvalue weighted by molar-refractivity contribution is 0.0696. The van der Waals surface area contributed by atoms with Crippen LogP contribution in [0.4, 0.5) is 0 Å². The van der Waals surface area contributed by atoms with E-state index < -0.39 is 16.8 Å². The van der Waals surface area contributed by atoms with Crippen LogP contribution in [0.1, 0.15) is 15.9 Å². The maximum Gasteiger partial charge on any atom is 0.335 e. The first-order valence-corrected chi connectivity index (χ1v) is 7.27. The zero-order valence-electron chi connectivity index (χ0n) is 10.9. The van der Waals surface area contributed by atoms with Crippen molar-refractivity contribution in [2.75, 3.05) is 7.11 Å². The van der Waals surface area contributed by atoms with Crippen molar-refractivity contribution < 1.29 is 18.8 Å². The van der Waals surface area contributed by atoms with Gasteiger partial charge in [0.1, 0.15) is 5.75 Å². The smallest absolute Gasteiger partial charge is 0.335 e. The Labute approximate surface area is 119 Å². The molecular weight excluding hydrogens is 276 g/mol. The lowest BCUT2D eigenvalue weighted by atomic mass is 10.2. The Morgan fingerprint density at radius 1 is 1.20 bits per heavy atom. The molecule has 0 spiro atoms. The molecule has 0 heterocycles. The zero-order valence-corrected chi connectivity index (χ0v) is 11.7. The summed E-state index contributed by atoms with van der Waals surface area (Å²) in [6.07, 6.45) is 0. The molecule has 0 saturated carbocycles. The molecular formula is C15H14O4S. The fraction of sp³-hybridized carbons (Fsp3) is 0.133. The molecule has 1 unspecified atom stereocenters. The summed E-state index contributed by atoms with van der Waals surface area (Å²) in [5, 5.41) is 8.94. The van der Waals surface area contributed by atoms with Crippen LogP contribution in [0.2, 0.25) is 0 Å². The van der Waals surface area contributed by atoms with Gasteiger partial charge < -0.3 is 9.84 Å². The normalized spacial score (nSPS) is 11.8. The summed E-state index contributed by atoms with van der Waals surface area (Å²) in [5.41, 5.74) is 0.963. The molecule has 0 bridgehead atoms. The van der Waals surface area contributed by atoms with E-state index in [4.69, 9.17) is 9.84 Å². The van der Waals surface area contributed by atoms with Crippen LogP contribution in [-0.2, 0) is 16.6 Å². The van der Waals surface area contributed by atoms with Crippen LogP contribution in [0.3, 0.4) is 0 Å².